The minimum atomic E-state index is -3.52. The number of hydrogen-bond donors (Lipinski definition) is 2. The highest BCUT2D eigenvalue weighted by molar-refractivity contribution is 7.89. The number of carbonyl (C=O) groups excluding carboxylic acids is 1. The molecule has 5 nitrogen and oxygen atoms in total. The van der Waals surface area contributed by atoms with Crippen molar-refractivity contribution in [3.05, 3.63) is 59.7 Å². The molecule has 2 aromatic rings. The van der Waals surface area contributed by atoms with Crippen LogP contribution >= 0.6 is 0 Å². The molecule has 1 amide bonds. The number of amides is 1. The number of aryl methyl sites for hydroxylation is 1. The van der Waals surface area contributed by atoms with E-state index in [1.54, 1.807) is 26.0 Å². The molecular formula is C18H22N2O3S. The highest BCUT2D eigenvalue weighted by Gasteiger charge is 2.15. The van der Waals surface area contributed by atoms with Gasteiger partial charge >= 0.3 is 0 Å². The lowest BCUT2D eigenvalue weighted by atomic mass is 10.1. The third-order valence-corrected chi connectivity index (χ3v) is 5.00. The molecule has 0 bridgehead atoms. The van der Waals surface area contributed by atoms with Gasteiger partial charge in [0.15, 0.2) is 0 Å². The molecule has 0 saturated carbocycles. The molecule has 0 atom stereocenters. The van der Waals surface area contributed by atoms with Crippen molar-refractivity contribution >= 4 is 21.6 Å². The fourth-order valence-electron chi connectivity index (χ4n) is 2.19. The molecule has 0 aliphatic heterocycles. The van der Waals surface area contributed by atoms with Crippen molar-refractivity contribution in [3.63, 3.8) is 0 Å². The summed E-state index contributed by atoms with van der Waals surface area (Å²) in [6.45, 7) is 5.52. The fourth-order valence-corrected chi connectivity index (χ4v) is 3.44. The van der Waals surface area contributed by atoms with E-state index in [1.165, 1.54) is 12.1 Å². The van der Waals surface area contributed by atoms with Crippen LogP contribution in [0.5, 0.6) is 0 Å². The first-order valence-electron chi connectivity index (χ1n) is 7.74. The van der Waals surface area contributed by atoms with Gasteiger partial charge in [-0.3, -0.25) is 4.79 Å². The molecule has 2 rings (SSSR count). The predicted octanol–water partition coefficient (Wildman–Crippen LogP) is 2.86. The molecule has 0 radical (unpaired) electrons. The maximum absolute atomic E-state index is 12.1. The summed E-state index contributed by atoms with van der Waals surface area (Å²) in [5, 5.41) is 2.77. The molecule has 0 unspecified atom stereocenters. The Morgan fingerprint density at radius 3 is 2.12 bits per heavy atom. The van der Waals surface area contributed by atoms with Gasteiger partial charge in [0.25, 0.3) is 0 Å². The molecule has 2 N–H and O–H groups in total. The molecule has 0 aromatic heterocycles. The Hall–Kier alpha value is -2.18. The highest BCUT2D eigenvalue weighted by atomic mass is 32.2. The summed E-state index contributed by atoms with van der Waals surface area (Å²) in [7, 11) is -3.52. The van der Waals surface area contributed by atoms with E-state index in [-0.39, 0.29) is 23.3 Å². The van der Waals surface area contributed by atoms with Gasteiger partial charge in [0.05, 0.1) is 11.3 Å². The molecule has 2 aromatic carbocycles. The second kappa shape index (κ2) is 7.59. The average molecular weight is 346 g/mol. The summed E-state index contributed by atoms with van der Waals surface area (Å²) in [6.07, 6.45) is 0.273. The van der Waals surface area contributed by atoms with Gasteiger partial charge in [-0.25, -0.2) is 13.1 Å². The normalized spacial score (nSPS) is 11.5. The van der Waals surface area contributed by atoms with Crippen LogP contribution in [-0.4, -0.2) is 20.4 Å². The van der Waals surface area contributed by atoms with Gasteiger partial charge in [-0.1, -0.05) is 29.8 Å². The monoisotopic (exact) mass is 346 g/mol. The minimum absolute atomic E-state index is 0.144. The number of benzene rings is 2. The number of hydrogen-bond acceptors (Lipinski definition) is 3. The molecular weight excluding hydrogens is 324 g/mol. The van der Waals surface area contributed by atoms with Gasteiger partial charge < -0.3 is 5.32 Å². The van der Waals surface area contributed by atoms with Crippen molar-refractivity contribution in [1.29, 1.82) is 0 Å². The Kier molecular flexibility index (Phi) is 5.75. The van der Waals surface area contributed by atoms with Crippen molar-refractivity contribution in [1.82, 2.24) is 4.72 Å². The second-order valence-corrected chi connectivity index (χ2v) is 7.72. The number of nitrogens with one attached hydrogen (secondary N) is 2. The SMILES string of the molecule is Cc1ccc(CC(=O)Nc2ccc(S(=O)(=O)NC(C)C)cc2)cc1. The molecule has 128 valence electrons. The topological polar surface area (TPSA) is 75.3 Å². The van der Waals surface area contributed by atoms with Crippen molar-refractivity contribution in [2.75, 3.05) is 5.32 Å². The summed E-state index contributed by atoms with van der Waals surface area (Å²) in [4.78, 5) is 12.2. The van der Waals surface area contributed by atoms with Crippen LogP contribution in [0, 0.1) is 6.92 Å². The van der Waals surface area contributed by atoms with Crippen LogP contribution in [0.15, 0.2) is 53.4 Å². The smallest absolute Gasteiger partial charge is 0.240 e. The Labute approximate surface area is 143 Å². The van der Waals surface area contributed by atoms with Gasteiger partial charge in [-0.2, -0.15) is 0 Å². The second-order valence-electron chi connectivity index (χ2n) is 6.01. The molecule has 0 saturated heterocycles. The number of rotatable bonds is 6. The Morgan fingerprint density at radius 2 is 1.58 bits per heavy atom. The molecule has 0 aliphatic carbocycles. The summed E-state index contributed by atoms with van der Waals surface area (Å²) < 4.78 is 26.6. The molecule has 0 fully saturated rings. The fraction of sp³-hybridized carbons (Fsp3) is 0.278. The van der Waals surface area contributed by atoms with Crippen LogP contribution < -0.4 is 10.0 Å². The maximum Gasteiger partial charge on any atom is 0.240 e. The minimum Gasteiger partial charge on any atom is -0.326 e. The Balaban J connectivity index is 2.01. The van der Waals surface area contributed by atoms with Crippen molar-refractivity contribution in [2.24, 2.45) is 0 Å². The highest BCUT2D eigenvalue weighted by Crippen LogP contribution is 2.15. The first-order chi connectivity index (χ1) is 11.3. The van der Waals surface area contributed by atoms with Crippen LogP contribution in [0.3, 0.4) is 0 Å². The van der Waals surface area contributed by atoms with Crippen molar-refractivity contribution in [2.45, 2.75) is 38.1 Å². The zero-order valence-electron chi connectivity index (χ0n) is 14.0. The van der Waals surface area contributed by atoms with Gasteiger partial charge in [0.2, 0.25) is 15.9 Å². The van der Waals surface area contributed by atoms with E-state index in [0.717, 1.165) is 11.1 Å². The van der Waals surface area contributed by atoms with Gasteiger partial charge in [-0.05, 0) is 50.6 Å². The van der Waals surface area contributed by atoms with E-state index < -0.39 is 10.0 Å². The molecule has 24 heavy (non-hydrogen) atoms. The molecule has 0 spiro atoms. The average Bonchev–Trinajstić information content (AvgIpc) is 2.49. The predicted molar refractivity (Wildman–Crippen MR) is 95.4 cm³/mol. The third kappa shape index (κ3) is 5.18. The number of anilines is 1. The molecule has 0 aliphatic rings. The van der Waals surface area contributed by atoms with E-state index in [0.29, 0.717) is 5.69 Å². The van der Waals surface area contributed by atoms with E-state index in [9.17, 15) is 13.2 Å². The molecule has 0 heterocycles. The summed E-state index contributed by atoms with van der Waals surface area (Å²) in [6, 6.07) is 13.7. The number of sulfonamides is 1. The summed E-state index contributed by atoms with van der Waals surface area (Å²) in [5.74, 6) is -0.144. The number of carbonyl (C=O) groups is 1. The maximum atomic E-state index is 12.1. The van der Waals surface area contributed by atoms with Crippen LogP contribution in [-0.2, 0) is 21.2 Å². The quantitative estimate of drug-likeness (QED) is 0.844. The van der Waals surface area contributed by atoms with Gasteiger partial charge in [0.1, 0.15) is 0 Å². The lowest BCUT2D eigenvalue weighted by Crippen LogP contribution is -2.30. The van der Waals surface area contributed by atoms with E-state index >= 15 is 0 Å². The van der Waals surface area contributed by atoms with Crippen molar-refractivity contribution in [3.8, 4) is 0 Å². The van der Waals surface area contributed by atoms with Crippen LogP contribution in [0.25, 0.3) is 0 Å². The van der Waals surface area contributed by atoms with Gasteiger partial charge in [-0.15, -0.1) is 0 Å². The van der Waals surface area contributed by atoms with Gasteiger partial charge in [0, 0.05) is 11.7 Å². The Bertz CT molecular complexity index is 795. The Morgan fingerprint density at radius 1 is 1.00 bits per heavy atom. The first kappa shape index (κ1) is 18.2. The standard InChI is InChI=1S/C18H22N2O3S/c1-13(2)20-24(22,23)17-10-8-16(9-11-17)19-18(21)12-15-6-4-14(3)5-7-15/h4-11,13,20H,12H2,1-3H3,(H,19,21). The van der Waals surface area contributed by atoms with Crippen molar-refractivity contribution < 1.29 is 13.2 Å². The molecule has 6 heteroatoms. The van der Waals surface area contributed by atoms with E-state index in [4.69, 9.17) is 0 Å². The first-order valence-corrected chi connectivity index (χ1v) is 9.22. The summed E-state index contributed by atoms with van der Waals surface area (Å²) >= 11 is 0. The van der Waals surface area contributed by atoms with Crippen LogP contribution in [0.2, 0.25) is 0 Å². The van der Waals surface area contributed by atoms with Crippen LogP contribution in [0.4, 0.5) is 5.69 Å². The van der Waals surface area contributed by atoms with E-state index in [2.05, 4.69) is 10.0 Å². The zero-order chi connectivity index (χ0) is 17.7. The lowest BCUT2D eigenvalue weighted by molar-refractivity contribution is -0.115. The largest absolute Gasteiger partial charge is 0.326 e. The lowest BCUT2D eigenvalue weighted by Gasteiger charge is -2.10. The summed E-state index contributed by atoms with van der Waals surface area (Å²) in [5.41, 5.74) is 2.64. The van der Waals surface area contributed by atoms with Crippen LogP contribution in [0.1, 0.15) is 25.0 Å². The third-order valence-electron chi connectivity index (χ3n) is 3.32. The zero-order valence-corrected chi connectivity index (χ0v) is 14.9. The van der Waals surface area contributed by atoms with E-state index in [1.807, 2.05) is 31.2 Å².